The van der Waals surface area contributed by atoms with Crippen LogP contribution in [-0.2, 0) is 0 Å². The third kappa shape index (κ3) is 5.17. The molecule has 0 spiro atoms. The topological polar surface area (TPSA) is 101 Å². The Morgan fingerprint density at radius 1 is 0.245 bits per heavy atom. The van der Waals surface area contributed by atoms with Crippen molar-refractivity contribution < 1.29 is 25.5 Å². The summed E-state index contributed by atoms with van der Waals surface area (Å²) in [5.74, 6) is -4.30. The lowest BCUT2D eigenvalue weighted by molar-refractivity contribution is 0.330. The molecular weight excluding hydrogens is 657 g/mol. The molecule has 5 N–H and O–H groups in total. The SMILES string of the molecule is Oc1c(O)c(O)c(-c2c3ccccc3c(-c3ccc(-c4ccccc4)c(-c4cccc(-c5ccc6ccccc6c5)c4)c3)c3ccccc23)c(O)c1O. The van der Waals surface area contributed by atoms with Crippen molar-refractivity contribution in [3.63, 3.8) is 0 Å². The third-order valence-corrected chi connectivity index (χ3v) is 10.2. The van der Waals surface area contributed by atoms with Gasteiger partial charge in [-0.05, 0) is 95.0 Å². The van der Waals surface area contributed by atoms with Crippen molar-refractivity contribution in [2.45, 2.75) is 0 Å². The van der Waals surface area contributed by atoms with Crippen LogP contribution in [-0.4, -0.2) is 25.5 Å². The van der Waals surface area contributed by atoms with E-state index < -0.39 is 28.7 Å². The van der Waals surface area contributed by atoms with Crippen LogP contribution in [0.3, 0.4) is 0 Å². The summed E-state index contributed by atoms with van der Waals surface area (Å²) in [5.41, 5.74) is 8.66. The van der Waals surface area contributed by atoms with Crippen LogP contribution in [0.5, 0.6) is 28.7 Å². The molecule has 0 aromatic heterocycles. The Hall–Kier alpha value is -7.24. The molecule has 0 bridgehead atoms. The van der Waals surface area contributed by atoms with E-state index in [9.17, 15) is 25.5 Å². The lowest BCUT2D eigenvalue weighted by atomic mass is 9.83. The number of fused-ring (bicyclic) bond motifs is 3. The summed E-state index contributed by atoms with van der Waals surface area (Å²) in [6.45, 7) is 0. The lowest BCUT2D eigenvalue weighted by Crippen LogP contribution is -1.93. The molecule has 0 heterocycles. The number of rotatable bonds is 5. The van der Waals surface area contributed by atoms with Gasteiger partial charge >= 0.3 is 0 Å². The molecule has 254 valence electrons. The quantitative estimate of drug-likeness (QED) is 0.0704. The lowest BCUT2D eigenvalue weighted by Gasteiger charge is -2.21. The van der Waals surface area contributed by atoms with Crippen molar-refractivity contribution in [2.75, 3.05) is 0 Å². The Kier molecular flexibility index (Phi) is 7.49. The highest BCUT2D eigenvalue weighted by Crippen LogP contribution is 2.58. The Morgan fingerprint density at radius 3 is 1.40 bits per heavy atom. The van der Waals surface area contributed by atoms with Crippen molar-refractivity contribution in [1.82, 2.24) is 0 Å². The predicted octanol–water partition coefficient (Wildman–Crippen LogP) is 12.0. The second kappa shape index (κ2) is 12.5. The second-order valence-electron chi connectivity index (χ2n) is 13.2. The van der Waals surface area contributed by atoms with Crippen LogP contribution in [0, 0.1) is 0 Å². The van der Waals surface area contributed by atoms with Crippen molar-refractivity contribution >= 4 is 32.3 Å². The van der Waals surface area contributed by atoms with Crippen molar-refractivity contribution in [3.8, 4) is 84.4 Å². The molecule has 5 nitrogen and oxygen atoms in total. The van der Waals surface area contributed by atoms with Crippen LogP contribution in [0.2, 0.25) is 0 Å². The van der Waals surface area contributed by atoms with Gasteiger partial charge in [0.2, 0.25) is 17.2 Å². The number of phenolic OH excluding ortho intramolecular Hbond substituents is 5. The van der Waals surface area contributed by atoms with E-state index in [4.69, 9.17) is 0 Å². The summed E-state index contributed by atoms with van der Waals surface area (Å²) in [6.07, 6.45) is 0. The van der Waals surface area contributed by atoms with Gasteiger partial charge in [0, 0.05) is 5.56 Å². The van der Waals surface area contributed by atoms with Crippen LogP contribution in [0.15, 0.2) is 164 Å². The summed E-state index contributed by atoms with van der Waals surface area (Å²) in [4.78, 5) is 0. The highest BCUT2D eigenvalue weighted by Gasteiger charge is 2.28. The Balaban J connectivity index is 1.31. The van der Waals surface area contributed by atoms with Gasteiger partial charge in [-0.15, -0.1) is 0 Å². The summed E-state index contributed by atoms with van der Waals surface area (Å²) >= 11 is 0. The normalized spacial score (nSPS) is 11.4. The van der Waals surface area contributed by atoms with Gasteiger partial charge in [-0.1, -0.05) is 146 Å². The van der Waals surface area contributed by atoms with E-state index in [0.29, 0.717) is 16.3 Å². The maximum Gasteiger partial charge on any atom is 0.208 e. The van der Waals surface area contributed by atoms with Gasteiger partial charge in [0.1, 0.15) is 0 Å². The van der Waals surface area contributed by atoms with Crippen LogP contribution >= 0.6 is 0 Å². The minimum atomic E-state index is -0.996. The second-order valence-corrected chi connectivity index (χ2v) is 13.2. The fourth-order valence-electron chi connectivity index (χ4n) is 7.67. The highest BCUT2D eigenvalue weighted by atomic mass is 16.4. The highest BCUT2D eigenvalue weighted by molar-refractivity contribution is 6.23. The maximum absolute atomic E-state index is 11.1. The number of hydrogen-bond donors (Lipinski definition) is 5. The van der Waals surface area contributed by atoms with Crippen molar-refractivity contribution in [1.29, 1.82) is 0 Å². The smallest absolute Gasteiger partial charge is 0.208 e. The Bertz CT molecular complexity index is 2810. The average Bonchev–Trinajstić information content (AvgIpc) is 3.22. The number of benzene rings is 9. The predicted molar refractivity (Wildman–Crippen MR) is 214 cm³/mol. The zero-order chi connectivity index (χ0) is 36.2. The van der Waals surface area contributed by atoms with Crippen LogP contribution in [0.4, 0.5) is 0 Å². The summed E-state index contributed by atoms with van der Waals surface area (Å²) in [6, 6.07) is 55.7. The van der Waals surface area contributed by atoms with Crippen molar-refractivity contribution in [2.24, 2.45) is 0 Å². The van der Waals surface area contributed by atoms with Gasteiger partial charge < -0.3 is 25.5 Å². The van der Waals surface area contributed by atoms with Crippen molar-refractivity contribution in [3.05, 3.63) is 164 Å². The van der Waals surface area contributed by atoms with Crippen LogP contribution < -0.4 is 0 Å². The molecule has 0 saturated heterocycles. The molecule has 0 aliphatic rings. The molecule has 0 unspecified atom stereocenters. The van der Waals surface area contributed by atoms with E-state index in [1.807, 2.05) is 66.7 Å². The average molecular weight is 689 g/mol. The summed E-state index contributed by atoms with van der Waals surface area (Å²) in [7, 11) is 0. The molecule has 0 saturated carbocycles. The maximum atomic E-state index is 11.1. The fourth-order valence-corrected chi connectivity index (χ4v) is 7.67. The minimum absolute atomic E-state index is 0.178. The first-order valence-electron chi connectivity index (χ1n) is 17.3. The number of hydrogen-bond acceptors (Lipinski definition) is 5. The molecule has 9 aromatic rings. The molecule has 9 aromatic carbocycles. The molecule has 0 atom stereocenters. The van der Waals surface area contributed by atoms with Gasteiger partial charge in [-0.3, -0.25) is 0 Å². The number of phenols is 5. The molecule has 9 rings (SSSR count). The number of aromatic hydroxyl groups is 5. The van der Waals surface area contributed by atoms with Gasteiger partial charge in [0.05, 0.1) is 5.56 Å². The molecule has 0 amide bonds. The largest absolute Gasteiger partial charge is 0.504 e. The molecule has 53 heavy (non-hydrogen) atoms. The molecule has 0 aliphatic carbocycles. The zero-order valence-electron chi connectivity index (χ0n) is 28.3. The van der Waals surface area contributed by atoms with Crippen LogP contribution in [0.25, 0.3) is 88.0 Å². The first kappa shape index (κ1) is 31.7. The molecule has 0 radical (unpaired) electrons. The van der Waals surface area contributed by atoms with E-state index in [1.165, 1.54) is 10.8 Å². The standard InChI is InChI=1S/C48H32O5/c49-44-43(45(50)47(52)48(53)46(44)51)42-38-19-8-6-17-36(38)41(37-18-7-9-20-39(37)42)34-23-24-35(29-12-2-1-3-13-29)40(27-34)33-16-10-15-31(26-33)32-22-21-28-11-4-5-14-30(28)25-32/h1-27,49-53H. The monoisotopic (exact) mass is 688 g/mol. The van der Waals surface area contributed by atoms with Crippen LogP contribution in [0.1, 0.15) is 0 Å². The van der Waals surface area contributed by atoms with E-state index in [1.54, 1.807) is 0 Å². The van der Waals surface area contributed by atoms with E-state index >= 15 is 0 Å². The molecule has 5 heteroatoms. The Labute approximate surface area is 305 Å². The zero-order valence-corrected chi connectivity index (χ0v) is 28.3. The minimum Gasteiger partial charge on any atom is -0.504 e. The fraction of sp³-hybridized carbons (Fsp3) is 0. The molecular formula is C48H32O5. The Morgan fingerprint density at radius 2 is 0.736 bits per heavy atom. The first-order valence-corrected chi connectivity index (χ1v) is 17.3. The van der Waals surface area contributed by atoms with Gasteiger partial charge in [0.25, 0.3) is 0 Å². The van der Waals surface area contributed by atoms with Gasteiger partial charge in [-0.25, -0.2) is 0 Å². The molecule has 0 fully saturated rings. The van der Waals surface area contributed by atoms with E-state index in [-0.39, 0.29) is 5.56 Å². The summed E-state index contributed by atoms with van der Waals surface area (Å²) in [5, 5.41) is 58.9. The van der Waals surface area contributed by atoms with E-state index in [2.05, 4.69) is 97.1 Å². The third-order valence-electron chi connectivity index (χ3n) is 10.2. The van der Waals surface area contributed by atoms with E-state index in [0.717, 1.165) is 55.3 Å². The summed E-state index contributed by atoms with van der Waals surface area (Å²) < 4.78 is 0. The first-order chi connectivity index (χ1) is 25.9. The van der Waals surface area contributed by atoms with Gasteiger partial charge in [-0.2, -0.15) is 0 Å². The molecule has 0 aliphatic heterocycles. The van der Waals surface area contributed by atoms with Gasteiger partial charge in [0.15, 0.2) is 11.5 Å².